The maximum atomic E-state index is 14.2. The van der Waals surface area contributed by atoms with Crippen molar-refractivity contribution >= 4 is 22.6 Å². The van der Waals surface area contributed by atoms with E-state index >= 15 is 0 Å². The molecule has 5 nitrogen and oxygen atoms in total. The topological polar surface area (TPSA) is 51.9 Å². The number of ether oxygens (including phenoxy) is 2. The van der Waals surface area contributed by atoms with E-state index < -0.39 is 22.9 Å². The molecular weight excluding hydrogens is 483 g/mol. The molecule has 2 heterocycles. The molecule has 0 saturated carbocycles. The van der Waals surface area contributed by atoms with Gasteiger partial charge in [0.2, 0.25) is 11.2 Å². The van der Waals surface area contributed by atoms with Crippen LogP contribution in [0, 0.1) is 0 Å². The van der Waals surface area contributed by atoms with Crippen molar-refractivity contribution in [2.45, 2.75) is 19.3 Å². The predicted molar refractivity (Wildman–Crippen MR) is 126 cm³/mol. The lowest BCUT2D eigenvalue weighted by Gasteiger charge is -2.29. The molecule has 0 aliphatic carbocycles. The van der Waals surface area contributed by atoms with Gasteiger partial charge >= 0.3 is 6.18 Å². The van der Waals surface area contributed by atoms with Crippen LogP contribution in [0.3, 0.4) is 0 Å². The summed E-state index contributed by atoms with van der Waals surface area (Å²) in [5.41, 5.74) is -0.317. The molecule has 0 N–H and O–H groups in total. The van der Waals surface area contributed by atoms with Crippen LogP contribution in [0.15, 0.2) is 69.9 Å². The first-order valence-corrected chi connectivity index (χ1v) is 11.1. The quantitative estimate of drug-likeness (QED) is 0.320. The standard InChI is InChI=1S/C26H19ClF3NO4/c1-33-20-9-5-3-7-16(20)22-23(32)17-10-11-21-18(24(17)35-25(22)26(28,29)30)13-31(14-34-21)12-15-6-2-4-8-19(15)27/h2-11H,12-14H2,1H3. The van der Waals surface area contributed by atoms with Crippen LogP contribution in [0.4, 0.5) is 13.2 Å². The van der Waals surface area contributed by atoms with Crippen LogP contribution >= 0.6 is 11.6 Å². The first-order chi connectivity index (χ1) is 16.8. The molecule has 1 aromatic heterocycles. The van der Waals surface area contributed by atoms with E-state index in [2.05, 4.69) is 0 Å². The number of alkyl halides is 3. The molecule has 3 aromatic carbocycles. The Labute approximate surface area is 203 Å². The molecule has 0 atom stereocenters. The summed E-state index contributed by atoms with van der Waals surface area (Å²) >= 11 is 6.27. The Morgan fingerprint density at radius 3 is 2.54 bits per heavy atom. The highest BCUT2D eigenvalue weighted by atomic mass is 35.5. The van der Waals surface area contributed by atoms with Crippen LogP contribution in [0.1, 0.15) is 16.9 Å². The molecule has 0 spiro atoms. The zero-order valence-electron chi connectivity index (χ0n) is 18.5. The van der Waals surface area contributed by atoms with E-state index in [-0.39, 0.29) is 35.6 Å². The summed E-state index contributed by atoms with van der Waals surface area (Å²) in [6.45, 7) is 0.830. The number of hydrogen-bond donors (Lipinski definition) is 0. The smallest absolute Gasteiger partial charge is 0.450 e. The lowest BCUT2D eigenvalue weighted by Crippen LogP contribution is -2.32. The van der Waals surface area contributed by atoms with Gasteiger partial charge in [-0.3, -0.25) is 9.69 Å². The fourth-order valence-corrected chi connectivity index (χ4v) is 4.47. The number of para-hydroxylation sites is 1. The van der Waals surface area contributed by atoms with Crippen LogP contribution in [-0.4, -0.2) is 18.7 Å². The second-order valence-electron chi connectivity index (χ2n) is 8.10. The summed E-state index contributed by atoms with van der Waals surface area (Å²) in [4.78, 5) is 15.3. The number of methoxy groups -OCH3 is 1. The van der Waals surface area contributed by atoms with Gasteiger partial charge in [0.05, 0.1) is 23.6 Å². The van der Waals surface area contributed by atoms with Crippen LogP contribution in [0.25, 0.3) is 22.1 Å². The fourth-order valence-electron chi connectivity index (χ4n) is 4.28. The molecule has 0 radical (unpaired) electrons. The van der Waals surface area contributed by atoms with Crippen molar-refractivity contribution in [1.29, 1.82) is 0 Å². The van der Waals surface area contributed by atoms with Crippen molar-refractivity contribution in [3.63, 3.8) is 0 Å². The SMILES string of the molecule is COc1ccccc1-c1c(C(F)(F)F)oc2c3c(ccc2c1=O)OCN(Cc1ccccc1Cl)C3. The maximum absolute atomic E-state index is 14.2. The van der Waals surface area contributed by atoms with E-state index in [1.807, 2.05) is 23.1 Å². The summed E-state index contributed by atoms with van der Waals surface area (Å²) in [5.74, 6) is -0.873. The Bertz CT molecular complexity index is 1480. The molecule has 180 valence electrons. The van der Waals surface area contributed by atoms with E-state index in [1.54, 1.807) is 18.2 Å². The van der Waals surface area contributed by atoms with Gasteiger partial charge in [0.1, 0.15) is 23.8 Å². The monoisotopic (exact) mass is 501 g/mol. The van der Waals surface area contributed by atoms with Gasteiger partial charge in [0.25, 0.3) is 0 Å². The maximum Gasteiger partial charge on any atom is 0.450 e. The Morgan fingerprint density at radius 1 is 1.06 bits per heavy atom. The summed E-state index contributed by atoms with van der Waals surface area (Å²) in [7, 11) is 1.33. The molecule has 0 amide bonds. The number of rotatable bonds is 4. The van der Waals surface area contributed by atoms with E-state index in [4.69, 9.17) is 25.5 Å². The number of nitrogens with zero attached hydrogens (tertiary/aromatic N) is 1. The Balaban J connectivity index is 1.68. The van der Waals surface area contributed by atoms with Gasteiger partial charge < -0.3 is 13.9 Å². The van der Waals surface area contributed by atoms with E-state index in [0.29, 0.717) is 22.9 Å². The molecule has 9 heteroatoms. The highest BCUT2D eigenvalue weighted by molar-refractivity contribution is 6.31. The minimum absolute atomic E-state index is 0.00675. The number of benzene rings is 3. The largest absolute Gasteiger partial charge is 0.496 e. The van der Waals surface area contributed by atoms with Gasteiger partial charge in [-0.25, -0.2) is 0 Å². The fraction of sp³-hybridized carbons (Fsp3) is 0.192. The molecular formula is C26H19ClF3NO4. The van der Waals surface area contributed by atoms with Crippen molar-refractivity contribution in [1.82, 2.24) is 4.90 Å². The Hall–Kier alpha value is -3.49. The average Bonchev–Trinajstić information content (AvgIpc) is 2.84. The minimum atomic E-state index is -4.92. The third-order valence-corrected chi connectivity index (χ3v) is 6.26. The lowest BCUT2D eigenvalue weighted by atomic mass is 9.99. The summed E-state index contributed by atoms with van der Waals surface area (Å²) < 4.78 is 59.1. The molecule has 0 bridgehead atoms. The van der Waals surface area contributed by atoms with Gasteiger partial charge in [-0.2, -0.15) is 13.2 Å². The van der Waals surface area contributed by atoms with Crippen molar-refractivity contribution < 1.29 is 27.1 Å². The Morgan fingerprint density at radius 2 is 1.80 bits per heavy atom. The molecule has 4 aromatic rings. The highest BCUT2D eigenvalue weighted by Crippen LogP contribution is 2.42. The molecule has 1 aliphatic heterocycles. The predicted octanol–water partition coefficient (Wildman–Crippen LogP) is 6.49. The second kappa shape index (κ2) is 8.94. The first-order valence-electron chi connectivity index (χ1n) is 10.7. The van der Waals surface area contributed by atoms with E-state index in [1.165, 1.54) is 31.4 Å². The molecule has 0 unspecified atom stereocenters. The average molecular weight is 502 g/mol. The highest BCUT2D eigenvalue weighted by Gasteiger charge is 2.40. The van der Waals surface area contributed by atoms with Crippen LogP contribution < -0.4 is 14.9 Å². The number of hydrogen-bond acceptors (Lipinski definition) is 5. The van der Waals surface area contributed by atoms with Crippen molar-refractivity contribution in [3.8, 4) is 22.6 Å². The van der Waals surface area contributed by atoms with Gasteiger partial charge in [-0.15, -0.1) is 0 Å². The normalized spacial score (nSPS) is 14.0. The third kappa shape index (κ3) is 4.24. The summed E-state index contributed by atoms with van der Waals surface area (Å²) in [6, 6.07) is 16.3. The second-order valence-corrected chi connectivity index (χ2v) is 8.51. The molecule has 0 fully saturated rings. The van der Waals surface area contributed by atoms with Gasteiger partial charge in [-0.1, -0.05) is 48.0 Å². The van der Waals surface area contributed by atoms with Crippen LogP contribution in [0.2, 0.25) is 5.02 Å². The Kier molecular flexibility index (Phi) is 5.94. The zero-order chi connectivity index (χ0) is 24.7. The van der Waals surface area contributed by atoms with Crippen molar-refractivity contribution in [3.05, 3.63) is 92.8 Å². The van der Waals surface area contributed by atoms with E-state index in [9.17, 15) is 18.0 Å². The lowest BCUT2D eigenvalue weighted by molar-refractivity contribution is -0.152. The number of fused-ring (bicyclic) bond motifs is 3. The first kappa shape index (κ1) is 23.3. The third-order valence-electron chi connectivity index (χ3n) is 5.89. The molecule has 0 saturated heterocycles. The van der Waals surface area contributed by atoms with Crippen molar-refractivity contribution in [2.24, 2.45) is 0 Å². The summed E-state index contributed by atoms with van der Waals surface area (Å²) in [6.07, 6.45) is -4.92. The van der Waals surface area contributed by atoms with Crippen molar-refractivity contribution in [2.75, 3.05) is 13.8 Å². The van der Waals surface area contributed by atoms with E-state index in [0.717, 1.165) is 5.56 Å². The van der Waals surface area contributed by atoms with Gasteiger partial charge in [-0.05, 0) is 29.8 Å². The molecule has 5 rings (SSSR count). The van der Waals surface area contributed by atoms with Gasteiger partial charge in [0.15, 0.2) is 0 Å². The van der Waals surface area contributed by atoms with Crippen LogP contribution in [-0.2, 0) is 19.3 Å². The summed E-state index contributed by atoms with van der Waals surface area (Å²) in [5, 5.41) is 0.601. The molecule has 1 aliphatic rings. The molecule has 35 heavy (non-hydrogen) atoms. The zero-order valence-corrected chi connectivity index (χ0v) is 19.2. The van der Waals surface area contributed by atoms with Gasteiger partial charge in [0, 0.05) is 23.7 Å². The minimum Gasteiger partial charge on any atom is -0.496 e. The number of halogens is 4. The van der Waals surface area contributed by atoms with Crippen LogP contribution in [0.5, 0.6) is 11.5 Å².